The average Bonchev–Trinajstić information content (AvgIpc) is 2.99. The maximum atomic E-state index is 12.3. The minimum Gasteiger partial charge on any atom is -0.298 e. The van der Waals surface area contributed by atoms with Gasteiger partial charge in [0.05, 0.1) is 23.5 Å². The lowest BCUT2D eigenvalue weighted by atomic mass is 10.1. The molecule has 0 spiro atoms. The van der Waals surface area contributed by atoms with Crippen LogP contribution in [0.2, 0.25) is 0 Å². The predicted octanol–water partition coefficient (Wildman–Crippen LogP) is 2.37. The molecule has 0 N–H and O–H groups in total. The molecule has 108 valence electrons. The third-order valence-corrected chi connectivity index (χ3v) is 5.07. The minimum atomic E-state index is -3.58. The highest BCUT2D eigenvalue weighted by molar-refractivity contribution is 9.10. The van der Waals surface area contributed by atoms with Crippen LogP contribution in [0.4, 0.5) is 0 Å². The highest BCUT2D eigenvalue weighted by Crippen LogP contribution is 2.35. The van der Waals surface area contributed by atoms with Crippen molar-refractivity contribution in [1.82, 2.24) is 13.9 Å². The monoisotopic (exact) mass is 360 g/mol. The smallest absolute Gasteiger partial charge is 0.236 e. The van der Waals surface area contributed by atoms with E-state index in [1.165, 1.54) is 8.87 Å². The van der Waals surface area contributed by atoms with Crippen LogP contribution in [0.15, 0.2) is 22.9 Å². The van der Waals surface area contributed by atoms with Crippen LogP contribution in [-0.2, 0) is 10.0 Å². The van der Waals surface area contributed by atoms with Crippen molar-refractivity contribution >= 4 is 36.9 Å². The summed E-state index contributed by atoms with van der Waals surface area (Å²) in [6.07, 6.45) is 4.03. The second-order valence-electron chi connectivity index (χ2n) is 5.01. The van der Waals surface area contributed by atoms with Gasteiger partial charge in [-0.05, 0) is 54.4 Å². The third kappa shape index (κ3) is 2.27. The lowest BCUT2D eigenvalue weighted by molar-refractivity contribution is 0.311. The first-order valence-corrected chi connectivity index (χ1v) is 8.87. The molecular weight excluding hydrogens is 342 g/mol. The van der Waals surface area contributed by atoms with Gasteiger partial charge in [0.1, 0.15) is 4.60 Å². The van der Waals surface area contributed by atoms with E-state index in [9.17, 15) is 8.42 Å². The van der Waals surface area contributed by atoms with Crippen molar-refractivity contribution in [2.75, 3.05) is 19.8 Å². The third-order valence-electron chi connectivity index (χ3n) is 3.56. The van der Waals surface area contributed by atoms with Gasteiger partial charge in [0.25, 0.3) is 0 Å². The van der Waals surface area contributed by atoms with E-state index in [1.54, 1.807) is 18.3 Å². The molecule has 1 atom stereocenters. The van der Waals surface area contributed by atoms with Crippen LogP contribution in [0.5, 0.6) is 0 Å². The zero-order valence-corrected chi connectivity index (χ0v) is 13.3. The molecule has 0 aromatic carbocycles. The molecule has 5 nitrogen and oxygen atoms in total. The molecule has 2 aromatic heterocycles. The molecule has 1 aliphatic rings. The average molecular weight is 361 g/mol. The van der Waals surface area contributed by atoms with Crippen molar-refractivity contribution in [3.8, 4) is 0 Å². The molecule has 0 unspecified atom stereocenters. The number of hydrogen-bond donors (Lipinski definition) is 0. The molecule has 3 heterocycles. The van der Waals surface area contributed by atoms with Gasteiger partial charge in [0.2, 0.25) is 10.0 Å². The summed E-state index contributed by atoms with van der Waals surface area (Å²) in [5.74, 6) is 0. The number of hydrogen-bond acceptors (Lipinski definition) is 4. The number of halogens is 1. The van der Waals surface area contributed by atoms with Gasteiger partial charge in [-0.2, -0.15) is 0 Å². The van der Waals surface area contributed by atoms with Crippen molar-refractivity contribution in [3.05, 3.63) is 28.6 Å². The molecule has 0 saturated carbocycles. The van der Waals surface area contributed by atoms with Crippen molar-refractivity contribution in [2.24, 2.45) is 0 Å². The largest absolute Gasteiger partial charge is 0.298 e. The fraction of sp³-hybridized carbons (Fsp3) is 0.462. The first-order valence-electron chi connectivity index (χ1n) is 7.73. The highest BCUT2D eigenvalue weighted by Gasteiger charge is 2.29. The van der Waals surface area contributed by atoms with E-state index < -0.39 is 23.0 Å². The quantitative estimate of drug-likeness (QED) is 0.771. The molecule has 1 aliphatic heterocycles. The van der Waals surface area contributed by atoms with Gasteiger partial charge in [-0.15, -0.1) is 0 Å². The predicted molar refractivity (Wildman–Crippen MR) is 82.3 cm³/mol. The first-order chi connectivity index (χ1) is 10.6. The van der Waals surface area contributed by atoms with E-state index in [0.717, 1.165) is 12.7 Å². The molecule has 2 aromatic rings. The van der Waals surface area contributed by atoms with Crippen LogP contribution < -0.4 is 0 Å². The Hall–Kier alpha value is -0.920. The summed E-state index contributed by atoms with van der Waals surface area (Å²) in [6.45, 7) is -1.83. The maximum absolute atomic E-state index is 12.3. The highest BCUT2D eigenvalue weighted by atomic mass is 79.9. The Morgan fingerprint density at radius 2 is 2.30 bits per heavy atom. The zero-order chi connectivity index (χ0) is 17.0. The first kappa shape index (κ1) is 10.8. The maximum Gasteiger partial charge on any atom is 0.236 e. The van der Waals surface area contributed by atoms with Gasteiger partial charge in [0, 0.05) is 15.7 Å². The number of likely N-dealkylation sites (tertiary alicyclic amines) is 1. The van der Waals surface area contributed by atoms with Gasteiger partial charge in [-0.3, -0.25) is 4.90 Å². The van der Waals surface area contributed by atoms with Crippen LogP contribution in [0, 0.1) is 0 Å². The Labute approximate surface area is 131 Å². The van der Waals surface area contributed by atoms with Gasteiger partial charge >= 0.3 is 0 Å². The molecule has 20 heavy (non-hydrogen) atoms. The van der Waals surface area contributed by atoms with E-state index in [2.05, 4.69) is 20.9 Å². The number of aromatic nitrogens is 2. The van der Waals surface area contributed by atoms with Crippen molar-refractivity contribution in [1.29, 1.82) is 0 Å². The van der Waals surface area contributed by atoms with Gasteiger partial charge in [0.15, 0.2) is 0 Å². The van der Waals surface area contributed by atoms with Crippen LogP contribution in [-0.4, -0.2) is 42.1 Å². The number of fused-ring (bicyclic) bond motifs is 1. The zero-order valence-electron chi connectivity index (χ0n) is 13.9. The van der Waals surface area contributed by atoms with E-state index in [-0.39, 0.29) is 0 Å². The van der Waals surface area contributed by atoms with E-state index in [4.69, 9.17) is 4.11 Å². The lowest BCUT2D eigenvalue weighted by Crippen LogP contribution is -2.23. The van der Waals surface area contributed by atoms with Crippen LogP contribution in [0.3, 0.4) is 0 Å². The molecule has 0 amide bonds. The summed E-state index contributed by atoms with van der Waals surface area (Å²) < 4.78 is 49.5. The summed E-state index contributed by atoms with van der Waals surface area (Å²) in [7, 11) is -3.58. The molecule has 0 bridgehead atoms. The summed E-state index contributed by atoms with van der Waals surface area (Å²) >= 11 is 3.25. The number of rotatable bonds is 2. The Morgan fingerprint density at radius 1 is 1.50 bits per heavy atom. The van der Waals surface area contributed by atoms with Gasteiger partial charge in [-0.1, -0.05) is 0 Å². The van der Waals surface area contributed by atoms with E-state index >= 15 is 0 Å². The lowest BCUT2D eigenvalue weighted by Gasteiger charge is -2.21. The normalized spacial score (nSPS) is 23.7. The van der Waals surface area contributed by atoms with Gasteiger partial charge < -0.3 is 0 Å². The molecular formula is C13H16BrN3O2S. The van der Waals surface area contributed by atoms with Crippen LogP contribution in [0.25, 0.3) is 10.9 Å². The summed E-state index contributed by atoms with van der Waals surface area (Å²) in [4.78, 5) is 5.52. The van der Waals surface area contributed by atoms with Crippen LogP contribution in [0.1, 0.15) is 28.7 Å². The van der Waals surface area contributed by atoms with E-state index in [0.29, 0.717) is 34.2 Å². The second kappa shape index (κ2) is 4.82. The number of nitrogens with zero attached hydrogens (tertiary/aromatic N) is 3. The molecule has 3 rings (SSSR count). The molecule has 1 fully saturated rings. The topological polar surface area (TPSA) is 55.2 Å². The standard InChI is InChI=1S/C13H16BrN3O2S/c1-16-5-3-4-10(16)12-6-9-8-15-13(14)7-11(9)17(12)20(2,18)19/h6-8,10H,3-5H2,1-2H3/t10-/m1/s1/i1D3. The minimum absolute atomic E-state index is 0.425. The summed E-state index contributed by atoms with van der Waals surface area (Å²) in [5.41, 5.74) is 0.984. The Bertz CT molecular complexity index is 863. The molecule has 7 heteroatoms. The molecule has 0 radical (unpaired) electrons. The molecule has 1 saturated heterocycles. The van der Waals surface area contributed by atoms with Gasteiger partial charge in [-0.25, -0.2) is 17.4 Å². The van der Waals surface area contributed by atoms with Crippen molar-refractivity contribution in [2.45, 2.75) is 18.9 Å². The van der Waals surface area contributed by atoms with E-state index in [1.807, 2.05) is 0 Å². The summed E-state index contributed by atoms with van der Waals surface area (Å²) in [6, 6.07) is 2.90. The second-order valence-corrected chi connectivity index (χ2v) is 7.66. The fourth-order valence-electron chi connectivity index (χ4n) is 2.75. The summed E-state index contributed by atoms with van der Waals surface area (Å²) in [5, 5.41) is 0.672. The Balaban J connectivity index is 2.25. The Kier molecular flexibility index (Phi) is 2.59. The van der Waals surface area contributed by atoms with Crippen molar-refractivity contribution < 1.29 is 12.5 Å². The fourth-order valence-corrected chi connectivity index (χ4v) is 4.14. The SMILES string of the molecule is [2H]C([2H])([2H])N1CCC[C@@H]1c1cc2cnc(Br)cc2n1S(C)(=O)=O. The number of pyridine rings is 1. The van der Waals surface area contributed by atoms with Crippen LogP contribution >= 0.6 is 15.9 Å². The van der Waals surface area contributed by atoms with Crippen molar-refractivity contribution in [3.63, 3.8) is 0 Å². The Morgan fingerprint density at radius 3 is 3.00 bits per heavy atom. The molecule has 0 aliphatic carbocycles.